The number of nitrogens with zero attached hydrogens (tertiary/aromatic N) is 7. The highest BCUT2D eigenvalue weighted by molar-refractivity contribution is 7.94. The summed E-state index contributed by atoms with van der Waals surface area (Å²) in [6, 6.07) is 22.6. The number of azo groups is 2. The minimum Gasteiger partial charge on any atom is -0.491 e. The van der Waals surface area contributed by atoms with Crippen LogP contribution in [-0.4, -0.2) is 96.7 Å². The molecule has 6 aromatic rings. The summed E-state index contributed by atoms with van der Waals surface area (Å²) >= 11 is 0.713. The van der Waals surface area contributed by atoms with Gasteiger partial charge in [0.05, 0.1) is 58.6 Å². The van der Waals surface area contributed by atoms with Crippen LogP contribution in [0.1, 0.15) is 6.42 Å². The Morgan fingerprint density at radius 2 is 1.19 bits per heavy atom. The number of hydrogen-bond acceptors (Lipinski definition) is 23. The molecule has 0 atom stereocenters. The summed E-state index contributed by atoms with van der Waals surface area (Å²) in [6.07, 6.45) is -0.105. The van der Waals surface area contributed by atoms with E-state index in [1.54, 1.807) is 24.3 Å². The van der Waals surface area contributed by atoms with Gasteiger partial charge in [-0.25, -0.2) is 5.26 Å². The Morgan fingerprint density at radius 3 is 1.87 bits per heavy atom. The molecule has 0 aliphatic carbocycles. The van der Waals surface area contributed by atoms with E-state index in [2.05, 4.69) is 60.7 Å². The third-order valence-corrected chi connectivity index (χ3v) is 12.3. The molecule has 1 aromatic heterocycles. The Kier molecular flexibility index (Phi) is 16.1. The molecule has 1 heterocycles. The van der Waals surface area contributed by atoms with Gasteiger partial charge in [0.15, 0.2) is 0 Å². The van der Waals surface area contributed by atoms with Crippen LogP contribution in [0.4, 0.5) is 52.0 Å². The van der Waals surface area contributed by atoms with Gasteiger partial charge in [0.1, 0.15) is 15.5 Å². The van der Waals surface area contributed by atoms with Gasteiger partial charge >= 0.3 is 0 Å². The van der Waals surface area contributed by atoms with E-state index in [0.29, 0.717) is 28.3 Å². The second kappa shape index (κ2) is 21.5. The van der Waals surface area contributed by atoms with Crippen LogP contribution in [0.25, 0.3) is 10.8 Å². The molecule has 0 aliphatic rings. The lowest BCUT2D eigenvalue weighted by Crippen LogP contribution is -2.17. The van der Waals surface area contributed by atoms with Crippen LogP contribution in [-0.2, 0) is 49.8 Å². The maximum Gasteiger partial charge on any atom is 0.295 e. The topological polar surface area (TPSA) is 390 Å². The van der Waals surface area contributed by atoms with E-state index in [9.17, 15) is 51.9 Å². The van der Waals surface area contributed by atoms with Crippen molar-refractivity contribution in [2.45, 2.75) is 21.1 Å². The molecule has 0 bridgehead atoms. The number of fused-ring (bicyclic) bond motifs is 1. The summed E-state index contributed by atoms with van der Waals surface area (Å²) in [4.78, 5) is 12.1. The molecule has 6 rings (SSSR count). The first kappa shape index (κ1) is 50.1. The van der Waals surface area contributed by atoms with Gasteiger partial charge in [-0.05, 0) is 79.2 Å². The lowest BCUT2D eigenvalue weighted by molar-refractivity contribution is -0.432. The Morgan fingerprint density at radius 1 is 0.582 bits per heavy atom. The second-order valence-corrected chi connectivity index (χ2v) is 20.1. The Hall–Kier alpha value is -6.36. The third kappa shape index (κ3) is 15.3. The van der Waals surface area contributed by atoms with Gasteiger partial charge in [-0.1, -0.05) is 23.2 Å². The Balaban J connectivity index is 1.27. The molecule has 354 valence electrons. The molecule has 0 radical (unpaired) electrons. The molecule has 0 unspecified atom stereocenters. The zero-order chi connectivity index (χ0) is 48.4. The summed E-state index contributed by atoms with van der Waals surface area (Å²) in [5.74, 6) is -1.62. The number of benzene rings is 5. The molecule has 8 N–H and O–H groups in total. The Bertz CT molecular complexity index is 3290. The average molecular weight is 1020 g/mol. The summed E-state index contributed by atoms with van der Waals surface area (Å²) in [6.45, 7) is -0.515. The van der Waals surface area contributed by atoms with E-state index in [-0.39, 0.29) is 76.7 Å². The fourth-order valence-electron chi connectivity index (χ4n) is 5.63. The quantitative estimate of drug-likeness (QED) is 0.00830. The fraction of sp³-hybridized carbons (Fsp3) is 0.139. The van der Waals surface area contributed by atoms with Gasteiger partial charge in [-0.3, -0.25) is 18.2 Å². The van der Waals surface area contributed by atoms with E-state index >= 15 is 0 Å². The number of nitrogens with one attached hydrogen (secondary N) is 3. The first-order chi connectivity index (χ1) is 31.6. The van der Waals surface area contributed by atoms with Crippen LogP contribution in [0, 0.1) is 0 Å². The molecule has 67 heavy (non-hydrogen) atoms. The predicted octanol–water partition coefficient (Wildman–Crippen LogP) is 7.22. The smallest absolute Gasteiger partial charge is 0.295 e. The molecule has 0 fully saturated rings. The maximum atomic E-state index is 12.2. The van der Waals surface area contributed by atoms with Crippen molar-refractivity contribution in [3.8, 4) is 5.75 Å². The van der Waals surface area contributed by atoms with Gasteiger partial charge in [0.25, 0.3) is 40.5 Å². The highest BCUT2D eigenvalue weighted by Crippen LogP contribution is 2.35. The zero-order valence-electron chi connectivity index (χ0n) is 33.7. The maximum absolute atomic E-state index is 12.2. The first-order valence-corrected chi connectivity index (χ1v) is 25.4. The molecule has 0 amide bonds. The van der Waals surface area contributed by atoms with Crippen LogP contribution in [0.15, 0.2) is 132 Å². The third-order valence-electron chi connectivity index (χ3n) is 8.42. The number of rotatable bonds is 22. The van der Waals surface area contributed by atoms with Gasteiger partial charge < -0.3 is 20.7 Å². The van der Waals surface area contributed by atoms with E-state index in [1.165, 1.54) is 54.6 Å². The van der Waals surface area contributed by atoms with E-state index in [4.69, 9.17) is 9.99 Å². The number of hydrogen-bond donors (Lipinski definition) is 8. The van der Waals surface area contributed by atoms with Crippen molar-refractivity contribution in [3.05, 3.63) is 97.1 Å². The molecule has 0 saturated heterocycles. The van der Waals surface area contributed by atoms with Crippen molar-refractivity contribution >= 4 is 115 Å². The first-order valence-electron chi connectivity index (χ1n) is 18.5. The standard InChI is InChI=1S/C36H34N10O16S5/c47-61-62-63-27-5-1-4-24(18-27)44-45-25-12-13-30(31(20-25)60-15-3-16-64(48,49)50)39-36-41-34(37-14-17-65(51,52)53)40-35(42-36)38-22-8-10-23(11-9-22)43-46-26-19-29-28(33(21-26)67(57,58)59)6-2-7-32(29)66(54,55)56/h1-2,4-13,18-21,47H,3,14-17H2,(H,48,49,50)(H,51,52,53)(H,54,55,56)(H,57,58,59)(H3,37,38,39,40,41,42). The van der Waals surface area contributed by atoms with Gasteiger partial charge in [0, 0.05) is 34.0 Å². The second-order valence-electron chi connectivity index (χ2n) is 13.4. The molecule has 0 saturated carbocycles. The predicted molar refractivity (Wildman–Crippen MR) is 240 cm³/mol. The summed E-state index contributed by atoms with van der Waals surface area (Å²) < 4.78 is 142. The van der Waals surface area contributed by atoms with E-state index in [1.807, 2.05) is 0 Å². The van der Waals surface area contributed by atoms with Crippen molar-refractivity contribution in [2.24, 2.45) is 20.5 Å². The van der Waals surface area contributed by atoms with E-state index in [0.717, 1.165) is 18.2 Å². The summed E-state index contributed by atoms with van der Waals surface area (Å²) in [5, 5.41) is 36.7. The molecule has 26 nitrogen and oxygen atoms in total. The molecular formula is C36H34N10O16S5. The monoisotopic (exact) mass is 1020 g/mol. The minimum absolute atomic E-state index is 0.0990. The highest BCUT2D eigenvalue weighted by atomic mass is 32.2. The van der Waals surface area contributed by atoms with Crippen LogP contribution < -0.4 is 20.7 Å². The van der Waals surface area contributed by atoms with Crippen molar-refractivity contribution in [1.82, 2.24) is 15.0 Å². The van der Waals surface area contributed by atoms with Gasteiger partial charge in [0.2, 0.25) is 17.8 Å². The molecular weight excluding hydrogens is 989 g/mol. The fourth-order valence-corrected chi connectivity index (χ4v) is 8.30. The summed E-state index contributed by atoms with van der Waals surface area (Å²) in [5.41, 5.74) is 1.24. The molecule has 0 aliphatic heterocycles. The zero-order valence-corrected chi connectivity index (χ0v) is 37.8. The van der Waals surface area contributed by atoms with E-state index < -0.39 is 61.8 Å². The van der Waals surface area contributed by atoms with Crippen LogP contribution >= 0.6 is 12.0 Å². The van der Waals surface area contributed by atoms with Crippen LogP contribution in [0.3, 0.4) is 0 Å². The number of anilines is 5. The van der Waals surface area contributed by atoms with Crippen molar-refractivity contribution in [1.29, 1.82) is 0 Å². The van der Waals surface area contributed by atoms with Crippen molar-refractivity contribution < 1.29 is 71.2 Å². The largest absolute Gasteiger partial charge is 0.491 e. The average Bonchev–Trinajstić information content (AvgIpc) is 3.25. The van der Waals surface area contributed by atoms with Crippen molar-refractivity contribution in [3.63, 3.8) is 0 Å². The Labute approximate surface area is 384 Å². The lowest BCUT2D eigenvalue weighted by atomic mass is 10.1. The normalized spacial score (nSPS) is 12.5. The molecule has 31 heteroatoms. The molecule has 5 aromatic carbocycles. The summed E-state index contributed by atoms with van der Waals surface area (Å²) in [7, 11) is -18.4. The van der Waals surface area contributed by atoms with Gasteiger partial charge in [-0.2, -0.15) is 69.1 Å². The van der Waals surface area contributed by atoms with Gasteiger partial charge in [-0.15, -0.1) is 4.33 Å². The van der Waals surface area contributed by atoms with Crippen LogP contribution in [0.5, 0.6) is 5.75 Å². The number of aromatic nitrogens is 3. The molecule has 0 spiro atoms. The highest BCUT2D eigenvalue weighted by Gasteiger charge is 2.21. The number of ether oxygens (including phenoxy) is 1. The minimum atomic E-state index is -4.90. The van der Waals surface area contributed by atoms with Crippen molar-refractivity contribution in [2.75, 3.05) is 40.6 Å². The lowest BCUT2D eigenvalue weighted by Gasteiger charge is -2.15. The van der Waals surface area contributed by atoms with Crippen LogP contribution in [0.2, 0.25) is 0 Å². The SMILES string of the molecule is O=S(=O)(O)CCCOc1cc(N=Nc2cccc(SOOO)c2)ccc1Nc1nc(NCCS(=O)(=O)O)nc(Nc2ccc(N=Nc3cc(S(=O)(=O)O)c4cccc(S(=O)(=O)O)c4c3)cc2)n1.